The Morgan fingerprint density at radius 3 is 2.15 bits per heavy atom. The summed E-state index contributed by atoms with van der Waals surface area (Å²) < 4.78 is 20.5. The molecule has 13 nitrogen and oxygen atoms in total. The average Bonchev–Trinajstić information content (AvgIpc) is 3.85. The Kier molecular flexibility index (Phi) is 10.1. The smallest absolute Gasteiger partial charge is 0.332 e. The number of amides is 3. The van der Waals surface area contributed by atoms with Crippen LogP contribution in [0.4, 0.5) is 21.9 Å². The summed E-state index contributed by atoms with van der Waals surface area (Å²) in [7, 11) is 0. The van der Waals surface area contributed by atoms with E-state index in [0.717, 1.165) is 37.6 Å². The normalized spacial score (nSPS) is 22.1. The number of anilines is 3. The van der Waals surface area contributed by atoms with Crippen molar-refractivity contribution in [2.45, 2.75) is 57.7 Å². The molecule has 3 aliphatic heterocycles. The van der Waals surface area contributed by atoms with Crippen LogP contribution in [0.15, 0.2) is 79.4 Å². The number of ketones is 1. The summed E-state index contributed by atoms with van der Waals surface area (Å²) >= 11 is 12.7. The van der Waals surface area contributed by atoms with Gasteiger partial charge in [-0.3, -0.25) is 9.59 Å². The van der Waals surface area contributed by atoms with Gasteiger partial charge in [-0.25, -0.2) is 19.4 Å². The van der Waals surface area contributed by atoms with Gasteiger partial charge in [0.1, 0.15) is 43.2 Å². The Morgan fingerprint density at radius 1 is 0.943 bits per heavy atom. The van der Waals surface area contributed by atoms with Crippen LogP contribution in [0, 0.1) is 0 Å². The number of imide groups is 1. The predicted octanol–water partition coefficient (Wildman–Crippen LogP) is 5.78. The number of ether oxygens (including phenoxy) is 3. The van der Waals surface area contributed by atoms with Gasteiger partial charge in [0.2, 0.25) is 5.79 Å². The lowest BCUT2D eigenvalue weighted by molar-refractivity contribution is -0.190. The molecule has 3 atom stereocenters. The molecule has 1 unspecified atom stereocenters. The summed E-state index contributed by atoms with van der Waals surface area (Å²) in [6.07, 6.45) is 2.69. The van der Waals surface area contributed by atoms with Crippen LogP contribution >= 0.6 is 23.2 Å². The standard InChI is InChI=1S/C38H41Cl2N7O6/c1-25(26(2)48)47-36(50)46(35(49)37(47,3)4)30-8-6-28(7-9-30)43-15-17-44(18-16-43)29-10-12-31(13-11-29)51-20-32-21-52-38(53-32,22-45-24-41-23-42-45)33-14-5-27(39)19-34(33)40/h5-14,19,23-25,32H,15-18,20-22H2,1-4H3/t25?,32-,38-/m1/s1. The molecule has 4 heterocycles. The molecule has 3 saturated heterocycles. The highest BCUT2D eigenvalue weighted by molar-refractivity contribution is 6.35. The molecule has 1 aromatic heterocycles. The van der Waals surface area contributed by atoms with Crippen LogP contribution in [0.25, 0.3) is 0 Å². The maximum absolute atomic E-state index is 13.3. The Bertz CT molecular complexity index is 1970. The fourth-order valence-corrected chi connectivity index (χ4v) is 7.68. The van der Waals surface area contributed by atoms with Gasteiger partial charge in [0.25, 0.3) is 5.91 Å². The van der Waals surface area contributed by atoms with Gasteiger partial charge in [-0.1, -0.05) is 29.3 Å². The van der Waals surface area contributed by atoms with Gasteiger partial charge in [-0.2, -0.15) is 5.10 Å². The molecule has 3 fully saturated rings. The van der Waals surface area contributed by atoms with Crippen molar-refractivity contribution in [3.63, 3.8) is 0 Å². The van der Waals surface area contributed by atoms with E-state index >= 15 is 0 Å². The predicted molar refractivity (Wildman–Crippen MR) is 201 cm³/mol. The first-order valence-corrected chi connectivity index (χ1v) is 18.2. The second-order valence-electron chi connectivity index (χ2n) is 14.0. The molecule has 0 saturated carbocycles. The molecule has 0 bridgehead atoms. The highest BCUT2D eigenvalue weighted by Gasteiger charge is 2.54. The molecule has 0 radical (unpaired) electrons. The number of piperazine rings is 1. The van der Waals surface area contributed by atoms with E-state index in [2.05, 4.69) is 32.0 Å². The zero-order valence-electron chi connectivity index (χ0n) is 29.9. The quantitative estimate of drug-likeness (QED) is 0.174. The van der Waals surface area contributed by atoms with E-state index in [1.165, 1.54) is 23.1 Å². The van der Waals surface area contributed by atoms with E-state index in [1.807, 2.05) is 24.3 Å². The SMILES string of the molecule is CC(=O)C(C)N1C(=O)N(c2ccc(N3CCN(c4ccc(OC[C@@H]5CO[C@@](Cn6cncn6)(c6ccc(Cl)cc6Cl)O5)cc4)CC3)cc2)C(=O)C1(C)C. The van der Waals surface area contributed by atoms with Gasteiger partial charge in [-0.05, 0) is 88.4 Å². The van der Waals surface area contributed by atoms with Gasteiger partial charge >= 0.3 is 6.03 Å². The van der Waals surface area contributed by atoms with Gasteiger partial charge in [0, 0.05) is 48.1 Å². The zero-order chi connectivity index (χ0) is 37.5. The first-order chi connectivity index (χ1) is 25.4. The average molecular weight is 763 g/mol. The molecule has 7 rings (SSSR count). The number of halogens is 2. The maximum Gasteiger partial charge on any atom is 0.332 e. The highest BCUT2D eigenvalue weighted by atomic mass is 35.5. The molecular weight excluding hydrogens is 721 g/mol. The van der Waals surface area contributed by atoms with E-state index in [-0.39, 0.29) is 30.9 Å². The molecule has 3 amide bonds. The summed E-state index contributed by atoms with van der Waals surface area (Å²) in [4.78, 5) is 49.9. The zero-order valence-corrected chi connectivity index (χ0v) is 31.5. The molecule has 3 aromatic carbocycles. The van der Waals surface area contributed by atoms with Crippen LogP contribution in [0.2, 0.25) is 10.0 Å². The van der Waals surface area contributed by atoms with E-state index < -0.39 is 23.4 Å². The van der Waals surface area contributed by atoms with E-state index in [9.17, 15) is 14.4 Å². The second-order valence-corrected chi connectivity index (χ2v) is 14.8. The largest absolute Gasteiger partial charge is 0.491 e. The first kappa shape index (κ1) is 36.7. The summed E-state index contributed by atoms with van der Waals surface area (Å²) in [5, 5.41) is 5.17. The number of Topliss-reactive ketones (excluding diaryl/α,β-unsaturated/α-hetero) is 1. The Labute approximate surface area is 317 Å². The summed E-state index contributed by atoms with van der Waals surface area (Å²) in [6, 6.07) is 19.5. The number of carbonyl (C=O) groups is 3. The van der Waals surface area contributed by atoms with Gasteiger partial charge < -0.3 is 28.9 Å². The summed E-state index contributed by atoms with van der Waals surface area (Å²) in [5.41, 5.74) is 2.11. The molecule has 0 aliphatic carbocycles. The number of carbonyl (C=O) groups excluding carboxylic acids is 3. The number of hydrogen-bond acceptors (Lipinski definition) is 10. The lowest BCUT2D eigenvalue weighted by Gasteiger charge is -2.37. The number of nitrogens with zero attached hydrogens (tertiary/aromatic N) is 7. The van der Waals surface area contributed by atoms with Crippen LogP contribution in [0.1, 0.15) is 33.3 Å². The van der Waals surface area contributed by atoms with Crippen molar-refractivity contribution in [1.29, 1.82) is 0 Å². The van der Waals surface area contributed by atoms with Crippen molar-refractivity contribution < 1.29 is 28.6 Å². The Morgan fingerprint density at radius 2 is 1.57 bits per heavy atom. The minimum absolute atomic E-state index is 0.171. The lowest BCUT2D eigenvalue weighted by atomic mass is 10.0. The molecule has 0 N–H and O–H groups in total. The fourth-order valence-electron chi connectivity index (χ4n) is 7.13. The van der Waals surface area contributed by atoms with E-state index in [4.69, 9.17) is 37.4 Å². The topological polar surface area (TPSA) is 123 Å². The molecule has 0 spiro atoms. The van der Waals surface area contributed by atoms with Gasteiger partial charge in [0.15, 0.2) is 5.78 Å². The van der Waals surface area contributed by atoms with Gasteiger partial charge in [0.05, 0.1) is 23.4 Å². The third kappa shape index (κ3) is 7.18. The van der Waals surface area contributed by atoms with Crippen molar-refractivity contribution in [1.82, 2.24) is 19.7 Å². The number of rotatable bonds is 11. The van der Waals surface area contributed by atoms with Gasteiger partial charge in [-0.15, -0.1) is 0 Å². The summed E-state index contributed by atoms with van der Waals surface area (Å²) in [6.45, 7) is 10.5. The second kappa shape index (κ2) is 14.6. The van der Waals surface area contributed by atoms with Crippen LogP contribution in [0.3, 0.4) is 0 Å². The van der Waals surface area contributed by atoms with Crippen molar-refractivity contribution in [3.8, 4) is 5.75 Å². The number of benzene rings is 3. The van der Waals surface area contributed by atoms with Crippen LogP contribution in [0.5, 0.6) is 5.75 Å². The fraction of sp³-hybridized carbons (Fsp3) is 0.395. The highest BCUT2D eigenvalue weighted by Crippen LogP contribution is 2.41. The van der Waals surface area contributed by atoms with Crippen molar-refractivity contribution in [3.05, 3.63) is 95.0 Å². The number of hydrogen-bond donors (Lipinski definition) is 0. The third-order valence-electron chi connectivity index (χ3n) is 10.1. The minimum atomic E-state index is -1.18. The van der Waals surface area contributed by atoms with Crippen LogP contribution in [-0.2, 0) is 31.4 Å². The third-order valence-corrected chi connectivity index (χ3v) is 10.7. The van der Waals surface area contributed by atoms with Crippen LogP contribution in [-0.4, -0.2) is 94.5 Å². The number of urea groups is 1. The monoisotopic (exact) mass is 761 g/mol. The van der Waals surface area contributed by atoms with Crippen LogP contribution < -0.4 is 19.4 Å². The minimum Gasteiger partial charge on any atom is -0.491 e. The summed E-state index contributed by atoms with van der Waals surface area (Å²) in [5.74, 6) is -0.991. The van der Waals surface area contributed by atoms with Crippen molar-refractivity contribution >= 4 is 58.0 Å². The molecule has 278 valence electrons. The first-order valence-electron chi connectivity index (χ1n) is 17.5. The Hall–Kier alpha value is -4.69. The molecule has 4 aromatic rings. The Balaban J connectivity index is 0.927. The van der Waals surface area contributed by atoms with Crippen molar-refractivity contribution in [2.24, 2.45) is 0 Å². The van der Waals surface area contributed by atoms with Crippen molar-refractivity contribution in [2.75, 3.05) is 54.1 Å². The number of aromatic nitrogens is 3. The molecule has 53 heavy (non-hydrogen) atoms. The maximum atomic E-state index is 13.3. The molecule has 3 aliphatic rings. The molecular formula is C38H41Cl2N7O6. The lowest BCUT2D eigenvalue weighted by Crippen LogP contribution is -2.51. The van der Waals surface area contributed by atoms with E-state index in [0.29, 0.717) is 33.7 Å². The molecule has 15 heteroatoms. The van der Waals surface area contributed by atoms with E-state index in [1.54, 1.807) is 62.1 Å².